The molecular formula is C14H19N3O2. The summed E-state index contributed by atoms with van der Waals surface area (Å²) in [6.45, 7) is 1.44. The second-order valence-electron chi connectivity index (χ2n) is 4.90. The second-order valence-corrected chi connectivity index (χ2v) is 4.90. The molecule has 2 aromatic rings. The highest BCUT2D eigenvalue weighted by atomic mass is 16.4. The number of carbonyl (C=O) groups is 1. The lowest BCUT2D eigenvalue weighted by molar-refractivity contribution is -0.137. The van der Waals surface area contributed by atoms with E-state index in [0.29, 0.717) is 13.0 Å². The fourth-order valence-corrected chi connectivity index (χ4v) is 2.17. The minimum Gasteiger partial charge on any atom is -0.481 e. The van der Waals surface area contributed by atoms with Crippen LogP contribution in [0.2, 0.25) is 0 Å². The Kier molecular flexibility index (Phi) is 4.16. The first-order valence-electron chi connectivity index (χ1n) is 6.38. The molecule has 0 aliphatic rings. The summed E-state index contributed by atoms with van der Waals surface area (Å²) >= 11 is 0. The van der Waals surface area contributed by atoms with Gasteiger partial charge in [-0.15, -0.1) is 0 Å². The predicted octanol–water partition coefficient (Wildman–Crippen LogP) is 1.96. The van der Waals surface area contributed by atoms with Crippen LogP contribution in [-0.4, -0.2) is 39.6 Å². The first kappa shape index (κ1) is 13.5. The van der Waals surface area contributed by atoms with Gasteiger partial charge in [-0.05, 0) is 32.6 Å². The number of nitrogens with zero attached hydrogens (tertiary/aromatic N) is 3. The number of aryl methyl sites for hydroxylation is 1. The van der Waals surface area contributed by atoms with Crippen LogP contribution in [0.15, 0.2) is 24.3 Å². The van der Waals surface area contributed by atoms with E-state index in [0.717, 1.165) is 23.4 Å². The molecule has 0 aliphatic heterocycles. The van der Waals surface area contributed by atoms with Crippen LogP contribution >= 0.6 is 0 Å². The molecule has 0 aliphatic carbocycles. The third kappa shape index (κ3) is 3.32. The third-order valence-electron chi connectivity index (χ3n) is 2.96. The maximum atomic E-state index is 10.6. The number of carboxylic acid groups (broad SMARTS) is 1. The number of hydrogen-bond acceptors (Lipinski definition) is 3. The molecule has 1 aromatic carbocycles. The molecule has 0 radical (unpaired) electrons. The highest BCUT2D eigenvalue weighted by Gasteiger charge is 2.11. The zero-order valence-corrected chi connectivity index (χ0v) is 11.3. The van der Waals surface area contributed by atoms with Crippen molar-refractivity contribution >= 4 is 17.0 Å². The standard InChI is InChI=1S/C14H19N3O2/c1-16(2)10-13-15-11-6-3-4-7-12(11)17(13)9-5-8-14(18)19/h3-4,6-7H,5,8-10H2,1-2H3,(H,18,19). The van der Waals surface area contributed by atoms with Crippen molar-refractivity contribution < 1.29 is 9.90 Å². The van der Waals surface area contributed by atoms with E-state index in [1.54, 1.807) is 0 Å². The Morgan fingerprint density at radius 2 is 2.11 bits per heavy atom. The van der Waals surface area contributed by atoms with Crippen molar-refractivity contribution in [3.05, 3.63) is 30.1 Å². The average molecular weight is 261 g/mol. The number of imidazole rings is 1. The second kappa shape index (κ2) is 5.84. The number of carboxylic acids is 1. The maximum absolute atomic E-state index is 10.6. The molecule has 2 rings (SSSR count). The number of hydrogen-bond donors (Lipinski definition) is 1. The first-order chi connectivity index (χ1) is 9.08. The van der Waals surface area contributed by atoms with E-state index in [1.165, 1.54) is 0 Å². The molecule has 5 heteroatoms. The molecule has 5 nitrogen and oxygen atoms in total. The molecule has 0 fully saturated rings. The Labute approximate surface area is 112 Å². The predicted molar refractivity (Wildman–Crippen MR) is 74.0 cm³/mol. The number of benzene rings is 1. The van der Waals surface area contributed by atoms with Crippen LogP contribution in [-0.2, 0) is 17.9 Å². The highest BCUT2D eigenvalue weighted by Crippen LogP contribution is 2.17. The molecule has 19 heavy (non-hydrogen) atoms. The summed E-state index contributed by atoms with van der Waals surface area (Å²) in [5, 5.41) is 8.74. The summed E-state index contributed by atoms with van der Waals surface area (Å²) in [6.07, 6.45) is 0.810. The summed E-state index contributed by atoms with van der Waals surface area (Å²) in [5.41, 5.74) is 2.04. The normalized spacial score (nSPS) is 11.3. The molecule has 1 heterocycles. The quantitative estimate of drug-likeness (QED) is 0.863. The number of aliphatic carboxylic acids is 1. The van der Waals surface area contributed by atoms with Crippen LogP contribution in [0.1, 0.15) is 18.7 Å². The molecule has 1 aromatic heterocycles. The zero-order chi connectivity index (χ0) is 13.8. The van der Waals surface area contributed by atoms with Crippen LogP contribution in [0, 0.1) is 0 Å². The fourth-order valence-electron chi connectivity index (χ4n) is 2.17. The van der Waals surface area contributed by atoms with Crippen molar-refractivity contribution in [2.24, 2.45) is 0 Å². The van der Waals surface area contributed by atoms with E-state index in [4.69, 9.17) is 5.11 Å². The van der Waals surface area contributed by atoms with Gasteiger partial charge in [0.2, 0.25) is 0 Å². The summed E-state index contributed by atoms with van der Waals surface area (Å²) in [6, 6.07) is 7.97. The van der Waals surface area contributed by atoms with E-state index >= 15 is 0 Å². The molecule has 0 atom stereocenters. The van der Waals surface area contributed by atoms with E-state index in [9.17, 15) is 4.79 Å². The molecule has 0 saturated carbocycles. The van der Waals surface area contributed by atoms with Gasteiger partial charge in [-0.3, -0.25) is 4.79 Å². The molecule has 0 spiro atoms. The Morgan fingerprint density at radius 1 is 1.37 bits per heavy atom. The Morgan fingerprint density at radius 3 is 2.79 bits per heavy atom. The molecule has 0 unspecified atom stereocenters. The molecular weight excluding hydrogens is 242 g/mol. The molecule has 0 bridgehead atoms. The SMILES string of the molecule is CN(C)Cc1nc2ccccc2n1CCCC(=O)O. The first-order valence-corrected chi connectivity index (χ1v) is 6.38. The van der Waals surface area contributed by atoms with Crippen LogP contribution in [0.25, 0.3) is 11.0 Å². The van der Waals surface area contributed by atoms with E-state index < -0.39 is 5.97 Å². The number of fused-ring (bicyclic) bond motifs is 1. The highest BCUT2D eigenvalue weighted by molar-refractivity contribution is 5.75. The zero-order valence-electron chi connectivity index (χ0n) is 11.3. The van der Waals surface area contributed by atoms with Gasteiger partial charge in [0, 0.05) is 13.0 Å². The largest absolute Gasteiger partial charge is 0.481 e. The minimum absolute atomic E-state index is 0.188. The van der Waals surface area contributed by atoms with Gasteiger partial charge in [0.15, 0.2) is 0 Å². The number of rotatable bonds is 6. The lowest BCUT2D eigenvalue weighted by Gasteiger charge is -2.12. The maximum Gasteiger partial charge on any atom is 0.303 e. The van der Waals surface area contributed by atoms with Crippen LogP contribution in [0.5, 0.6) is 0 Å². The molecule has 102 valence electrons. The van der Waals surface area contributed by atoms with Crippen molar-refractivity contribution in [1.29, 1.82) is 0 Å². The van der Waals surface area contributed by atoms with Crippen molar-refractivity contribution in [1.82, 2.24) is 14.5 Å². The minimum atomic E-state index is -0.751. The average Bonchev–Trinajstić information content (AvgIpc) is 2.66. The summed E-state index contributed by atoms with van der Waals surface area (Å²) < 4.78 is 2.12. The lowest BCUT2D eigenvalue weighted by Crippen LogP contribution is -2.16. The van der Waals surface area contributed by atoms with Gasteiger partial charge in [0.1, 0.15) is 5.82 Å². The Bertz CT molecular complexity index is 575. The van der Waals surface area contributed by atoms with Crippen molar-refractivity contribution in [2.75, 3.05) is 14.1 Å². The van der Waals surface area contributed by atoms with Gasteiger partial charge >= 0.3 is 5.97 Å². The van der Waals surface area contributed by atoms with E-state index in [2.05, 4.69) is 14.5 Å². The van der Waals surface area contributed by atoms with Crippen LogP contribution < -0.4 is 0 Å². The summed E-state index contributed by atoms with van der Waals surface area (Å²) in [7, 11) is 4.00. The van der Waals surface area contributed by atoms with Crippen LogP contribution in [0.4, 0.5) is 0 Å². The van der Waals surface area contributed by atoms with E-state index in [1.807, 2.05) is 38.4 Å². The summed E-state index contributed by atoms with van der Waals surface area (Å²) in [4.78, 5) is 17.3. The van der Waals surface area contributed by atoms with Gasteiger partial charge in [-0.25, -0.2) is 4.98 Å². The van der Waals surface area contributed by atoms with Gasteiger partial charge < -0.3 is 14.6 Å². The number of aromatic nitrogens is 2. The van der Waals surface area contributed by atoms with E-state index in [-0.39, 0.29) is 6.42 Å². The van der Waals surface area contributed by atoms with Gasteiger partial charge in [0.05, 0.1) is 17.6 Å². The van der Waals surface area contributed by atoms with Gasteiger partial charge in [-0.1, -0.05) is 12.1 Å². The van der Waals surface area contributed by atoms with Crippen molar-refractivity contribution in [3.8, 4) is 0 Å². The smallest absolute Gasteiger partial charge is 0.303 e. The topological polar surface area (TPSA) is 58.4 Å². The third-order valence-corrected chi connectivity index (χ3v) is 2.96. The Hall–Kier alpha value is -1.88. The molecule has 0 saturated heterocycles. The Balaban J connectivity index is 2.28. The number of para-hydroxylation sites is 2. The molecule has 0 amide bonds. The molecule has 1 N–H and O–H groups in total. The van der Waals surface area contributed by atoms with Gasteiger partial charge in [-0.2, -0.15) is 0 Å². The van der Waals surface area contributed by atoms with Crippen molar-refractivity contribution in [2.45, 2.75) is 25.9 Å². The van der Waals surface area contributed by atoms with Gasteiger partial charge in [0.25, 0.3) is 0 Å². The fraction of sp³-hybridized carbons (Fsp3) is 0.429. The monoisotopic (exact) mass is 261 g/mol. The lowest BCUT2D eigenvalue weighted by atomic mass is 10.3. The summed E-state index contributed by atoms with van der Waals surface area (Å²) in [5.74, 6) is 0.232. The van der Waals surface area contributed by atoms with Crippen LogP contribution in [0.3, 0.4) is 0 Å². The van der Waals surface area contributed by atoms with Crippen molar-refractivity contribution in [3.63, 3.8) is 0 Å².